The van der Waals surface area contributed by atoms with Crippen molar-refractivity contribution in [2.24, 2.45) is 7.05 Å². The molecule has 1 heterocycles. The molecule has 0 aliphatic heterocycles. The van der Waals surface area contributed by atoms with Crippen molar-refractivity contribution in [1.82, 2.24) is 20.1 Å². The molecule has 3 N–H and O–H groups in total. The average molecular weight is 289 g/mol. The van der Waals surface area contributed by atoms with Crippen LogP contribution in [0.15, 0.2) is 24.5 Å². The first-order valence-corrected chi connectivity index (χ1v) is 6.74. The smallest absolute Gasteiger partial charge is 0.251 e. The number of amides is 1. The quantitative estimate of drug-likeness (QED) is 0.766. The second-order valence-electron chi connectivity index (χ2n) is 4.59. The molecule has 0 atom stereocenters. The summed E-state index contributed by atoms with van der Waals surface area (Å²) in [6.07, 6.45) is 2.24. The maximum absolute atomic E-state index is 12.1. The molecule has 0 bridgehead atoms. The van der Waals surface area contributed by atoms with E-state index in [2.05, 4.69) is 15.5 Å². The van der Waals surface area contributed by atoms with Gasteiger partial charge in [-0.05, 0) is 19.1 Å². The number of rotatable bonds is 6. The fraction of sp³-hybridized carbons (Fsp3) is 0.357. The summed E-state index contributed by atoms with van der Waals surface area (Å²) < 4.78 is 7.19. The highest BCUT2D eigenvalue weighted by atomic mass is 16.5. The van der Waals surface area contributed by atoms with E-state index in [0.29, 0.717) is 36.6 Å². The minimum atomic E-state index is -0.189. The van der Waals surface area contributed by atoms with Gasteiger partial charge in [0.25, 0.3) is 5.91 Å². The summed E-state index contributed by atoms with van der Waals surface area (Å²) in [5.41, 5.74) is 6.75. The Morgan fingerprint density at radius 2 is 2.24 bits per heavy atom. The zero-order chi connectivity index (χ0) is 15.2. The molecule has 1 amide bonds. The SMILES string of the molecule is CCOc1cc(N)cc(C(=O)NCCc2nncn2C)c1. The lowest BCUT2D eigenvalue weighted by Gasteiger charge is -2.09. The molecule has 0 saturated carbocycles. The lowest BCUT2D eigenvalue weighted by atomic mass is 10.1. The van der Waals surface area contributed by atoms with Crippen LogP contribution in [0.1, 0.15) is 23.1 Å². The van der Waals surface area contributed by atoms with Crippen LogP contribution in [-0.4, -0.2) is 33.8 Å². The van der Waals surface area contributed by atoms with Gasteiger partial charge in [0, 0.05) is 37.3 Å². The van der Waals surface area contributed by atoms with Gasteiger partial charge in [-0.2, -0.15) is 0 Å². The molecular weight excluding hydrogens is 270 g/mol. The number of ether oxygens (including phenoxy) is 1. The second kappa shape index (κ2) is 6.74. The van der Waals surface area contributed by atoms with Crippen LogP contribution in [0, 0.1) is 0 Å². The molecule has 0 aliphatic carbocycles. The Bertz CT molecular complexity index is 624. The molecule has 1 aromatic heterocycles. The van der Waals surface area contributed by atoms with Crippen molar-refractivity contribution >= 4 is 11.6 Å². The monoisotopic (exact) mass is 289 g/mol. The minimum Gasteiger partial charge on any atom is -0.494 e. The summed E-state index contributed by atoms with van der Waals surface area (Å²) in [6.45, 7) is 2.88. The summed E-state index contributed by atoms with van der Waals surface area (Å²) in [4.78, 5) is 12.1. The van der Waals surface area contributed by atoms with E-state index in [1.807, 2.05) is 18.5 Å². The predicted molar refractivity (Wildman–Crippen MR) is 79.1 cm³/mol. The van der Waals surface area contributed by atoms with E-state index in [1.54, 1.807) is 24.5 Å². The van der Waals surface area contributed by atoms with Crippen LogP contribution in [0.4, 0.5) is 5.69 Å². The zero-order valence-corrected chi connectivity index (χ0v) is 12.2. The van der Waals surface area contributed by atoms with Gasteiger partial charge < -0.3 is 20.4 Å². The molecule has 0 saturated heterocycles. The number of carbonyl (C=O) groups excluding carboxylic acids is 1. The van der Waals surface area contributed by atoms with Gasteiger partial charge in [-0.25, -0.2) is 0 Å². The van der Waals surface area contributed by atoms with E-state index in [1.165, 1.54) is 0 Å². The summed E-state index contributed by atoms with van der Waals surface area (Å²) >= 11 is 0. The fourth-order valence-electron chi connectivity index (χ4n) is 1.93. The number of aryl methyl sites for hydroxylation is 1. The summed E-state index contributed by atoms with van der Waals surface area (Å²) in [7, 11) is 1.86. The van der Waals surface area contributed by atoms with Crippen molar-refractivity contribution < 1.29 is 9.53 Å². The Morgan fingerprint density at radius 1 is 1.43 bits per heavy atom. The summed E-state index contributed by atoms with van der Waals surface area (Å²) in [6, 6.07) is 5.00. The van der Waals surface area contributed by atoms with Crippen LogP contribution < -0.4 is 15.8 Å². The lowest BCUT2D eigenvalue weighted by Crippen LogP contribution is -2.26. The first kappa shape index (κ1) is 14.8. The normalized spacial score (nSPS) is 10.4. The van der Waals surface area contributed by atoms with Crippen molar-refractivity contribution in [2.75, 3.05) is 18.9 Å². The number of hydrogen-bond acceptors (Lipinski definition) is 5. The third kappa shape index (κ3) is 3.95. The van der Waals surface area contributed by atoms with Crippen LogP contribution in [0.5, 0.6) is 5.75 Å². The number of aromatic nitrogens is 3. The first-order chi connectivity index (χ1) is 10.1. The third-order valence-corrected chi connectivity index (χ3v) is 2.94. The molecule has 1 aromatic carbocycles. The van der Waals surface area contributed by atoms with Gasteiger partial charge in [-0.1, -0.05) is 0 Å². The molecular formula is C14H19N5O2. The van der Waals surface area contributed by atoms with Gasteiger partial charge in [-0.3, -0.25) is 4.79 Å². The molecule has 0 radical (unpaired) electrons. The van der Waals surface area contributed by atoms with Gasteiger partial charge in [0.15, 0.2) is 0 Å². The fourth-order valence-corrected chi connectivity index (χ4v) is 1.93. The minimum absolute atomic E-state index is 0.189. The number of nitrogens with zero attached hydrogens (tertiary/aromatic N) is 3. The summed E-state index contributed by atoms with van der Waals surface area (Å²) in [5, 5.41) is 10.6. The topological polar surface area (TPSA) is 95.1 Å². The van der Waals surface area contributed by atoms with Gasteiger partial charge in [0.05, 0.1) is 6.61 Å². The number of anilines is 1. The van der Waals surface area contributed by atoms with Crippen molar-refractivity contribution in [1.29, 1.82) is 0 Å². The lowest BCUT2D eigenvalue weighted by molar-refractivity contribution is 0.0953. The molecule has 7 heteroatoms. The number of carbonyl (C=O) groups is 1. The Hall–Kier alpha value is -2.57. The highest BCUT2D eigenvalue weighted by Crippen LogP contribution is 2.18. The molecule has 2 rings (SSSR count). The van der Waals surface area contributed by atoms with Crippen LogP contribution in [0.3, 0.4) is 0 Å². The average Bonchev–Trinajstić information content (AvgIpc) is 2.84. The zero-order valence-electron chi connectivity index (χ0n) is 12.2. The second-order valence-corrected chi connectivity index (χ2v) is 4.59. The Balaban J connectivity index is 1.95. The Morgan fingerprint density at radius 3 is 2.90 bits per heavy atom. The van der Waals surface area contributed by atoms with Crippen LogP contribution in [0.2, 0.25) is 0 Å². The van der Waals surface area contributed by atoms with E-state index in [-0.39, 0.29) is 5.91 Å². The van der Waals surface area contributed by atoms with E-state index in [0.717, 1.165) is 5.82 Å². The number of nitrogens with one attached hydrogen (secondary N) is 1. The van der Waals surface area contributed by atoms with Gasteiger partial charge in [0.1, 0.15) is 17.9 Å². The third-order valence-electron chi connectivity index (χ3n) is 2.94. The van der Waals surface area contributed by atoms with E-state index in [4.69, 9.17) is 10.5 Å². The molecule has 21 heavy (non-hydrogen) atoms. The van der Waals surface area contributed by atoms with Crippen molar-refractivity contribution in [2.45, 2.75) is 13.3 Å². The molecule has 112 valence electrons. The molecule has 7 nitrogen and oxygen atoms in total. The van der Waals surface area contributed by atoms with E-state index in [9.17, 15) is 4.79 Å². The van der Waals surface area contributed by atoms with Crippen molar-refractivity contribution in [3.63, 3.8) is 0 Å². The van der Waals surface area contributed by atoms with E-state index < -0.39 is 0 Å². The molecule has 0 spiro atoms. The van der Waals surface area contributed by atoms with Crippen LogP contribution in [0.25, 0.3) is 0 Å². The Kier molecular flexibility index (Phi) is 4.76. The largest absolute Gasteiger partial charge is 0.494 e. The summed E-state index contributed by atoms with van der Waals surface area (Å²) in [5.74, 6) is 1.22. The maximum atomic E-state index is 12.1. The van der Waals surface area contributed by atoms with E-state index >= 15 is 0 Å². The number of benzene rings is 1. The van der Waals surface area contributed by atoms with Gasteiger partial charge in [0.2, 0.25) is 0 Å². The number of nitrogen functional groups attached to an aromatic ring is 1. The van der Waals surface area contributed by atoms with Crippen molar-refractivity contribution in [3.8, 4) is 5.75 Å². The van der Waals surface area contributed by atoms with Crippen molar-refractivity contribution in [3.05, 3.63) is 35.9 Å². The standard InChI is InChI=1S/C14H19N5O2/c1-3-21-12-7-10(6-11(15)8-12)14(20)16-5-4-13-18-17-9-19(13)2/h6-9H,3-5,15H2,1-2H3,(H,16,20). The number of hydrogen-bond donors (Lipinski definition) is 2. The molecule has 0 aliphatic rings. The number of nitrogens with two attached hydrogens (primary N) is 1. The Labute approximate surface area is 123 Å². The van der Waals surface area contributed by atoms with Crippen LogP contribution in [-0.2, 0) is 13.5 Å². The van der Waals surface area contributed by atoms with Gasteiger partial charge >= 0.3 is 0 Å². The first-order valence-electron chi connectivity index (χ1n) is 6.74. The molecule has 0 unspecified atom stereocenters. The maximum Gasteiger partial charge on any atom is 0.251 e. The van der Waals surface area contributed by atoms with Gasteiger partial charge in [-0.15, -0.1) is 10.2 Å². The molecule has 2 aromatic rings. The highest BCUT2D eigenvalue weighted by molar-refractivity contribution is 5.95. The van der Waals surface area contributed by atoms with Crippen LogP contribution >= 0.6 is 0 Å². The predicted octanol–water partition coefficient (Wildman–Crippen LogP) is 0.768. The molecule has 0 fully saturated rings. The highest BCUT2D eigenvalue weighted by Gasteiger charge is 2.09.